The molecule has 5 nitrogen and oxygen atoms in total. The van der Waals surface area contributed by atoms with Crippen LogP contribution >= 0.6 is 11.3 Å². The maximum absolute atomic E-state index is 11.9. The minimum absolute atomic E-state index is 0.0918. The summed E-state index contributed by atoms with van der Waals surface area (Å²) in [5, 5.41) is 6.54. The Morgan fingerprint density at radius 3 is 2.91 bits per heavy atom. The standard InChI is InChI=1S/C17H16N2O3S/c1-11-4-3-5-13(6-11)17-18-14(10-23-17)8-16(20)21-9-15-7-12(2)19-22-15/h3-7,10H,8-9H2,1-2H3. The minimum Gasteiger partial charge on any atom is -0.457 e. The molecule has 0 aliphatic rings. The van der Waals surface area contributed by atoms with E-state index in [9.17, 15) is 4.79 Å². The summed E-state index contributed by atoms with van der Waals surface area (Å²) in [4.78, 5) is 16.4. The van der Waals surface area contributed by atoms with Gasteiger partial charge in [-0.2, -0.15) is 0 Å². The van der Waals surface area contributed by atoms with Crippen molar-refractivity contribution < 1.29 is 14.1 Å². The molecule has 0 N–H and O–H groups in total. The lowest BCUT2D eigenvalue weighted by Gasteiger charge is -2.00. The highest BCUT2D eigenvalue weighted by Crippen LogP contribution is 2.24. The van der Waals surface area contributed by atoms with Gasteiger partial charge in [-0.05, 0) is 19.9 Å². The van der Waals surface area contributed by atoms with Gasteiger partial charge in [0.25, 0.3) is 0 Å². The number of carbonyl (C=O) groups is 1. The van der Waals surface area contributed by atoms with E-state index in [2.05, 4.69) is 16.2 Å². The van der Waals surface area contributed by atoms with Crippen LogP contribution in [0.25, 0.3) is 10.6 Å². The molecule has 6 heteroatoms. The third-order valence-corrected chi connectivity index (χ3v) is 4.13. The first kappa shape index (κ1) is 15.4. The first-order valence-electron chi connectivity index (χ1n) is 7.19. The normalized spacial score (nSPS) is 10.7. The maximum atomic E-state index is 11.9. The zero-order valence-corrected chi connectivity index (χ0v) is 13.7. The third-order valence-electron chi connectivity index (χ3n) is 3.19. The SMILES string of the molecule is Cc1cccc(-c2nc(CC(=O)OCc3cc(C)no3)cs2)c1. The first-order chi connectivity index (χ1) is 11.1. The van der Waals surface area contributed by atoms with Gasteiger partial charge in [-0.3, -0.25) is 4.79 Å². The summed E-state index contributed by atoms with van der Waals surface area (Å²) < 4.78 is 10.2. The second-order valence-corrected chi connectivity index (χ2v) is 6.14. The van der Waals surface area contributed by atoms with Gasteiger partial charge in [0.1, 0.15) is 5.01 Å². The number of aryl methyl sites for hydroxylation is 2. The molecule has 2 heterocycles. The van der Waals surface area contributed by atoms with Gasteiger partial charge >= 0.3 is 5.97 Å². The van der Waals surface area contributed by atoms with Crippen molar-refractivity contribution in [1.82, 2.24) is 10.1 Å². The molecule has 0 saturated heterocycles. The zero-order chi connectivity index (χ0) is 16.2. The molecule has 23 heavy (non-hydrogen) atoms. The van der Waals surface area contributed by atoms with E-state index >= 15 is 0 Å². The van der Waals surface area contributed by atoms with Crippen molar-refractivity contribution in [3.05, 3.63) is 58.4 Å². The van der Waals surface area contributed by atoms with Crippen molar-refractivity contribution in [2.45, 2.75) is 26.9 Å². The largest absolute Gasteiger partial charge is 0.457 e. The van der Waals surface area contributed by atoms with Crippen LogP contribution in [0.1, 0.15) is 22.7 Å². The van der Waals surface area contributed by atoms with Gasteiger partial charge in [0, 0.05) is 17.0 Å². The van der Waals surface area contributed by atoms with Gasteiger partial charge in [-0.15, -0.1) is 11.3 Å². The van der Waals surface area contributed by atoms with Gasteiger partial charge in [0.2, 0.25) is 0 Å². The number of carbonyl (C=O) groups excluding carboxylic acids is 1. The van der Waals surface area contributed by atoms with E-state index in [1.165, 1.54) is 16.9 Å². The Morgan fingerprint density at radius 2 is 2.17 bits per heavy atom. The number of rotatable bonds is 5. The van der Waals surface area contributed by atoms with Gasteiger partial charge in [0.15, 0.2) is 12.4 Å². The summed E-state index contributed by atoms with van der Waals surface area (Å²) in [5.41, 5.74) is 3.72. The molecule has 0 aliphatic carbocycles. The molecule has 0 amide bonds. The fourth-order valence-electron chi connectivity index (χ4n) is 2.13. The molecule has 3 aromatic rings. The van der Waals surface area contributed by atoms with E-state index in [1.54, 1.807) is 6.07 Å². The number of hydrogen-bond acceptors (Lipinski definition) is 6. The van der Waals surface area contributed by atoms with Crippen LogP contribution in [-0.4, -0.2) is 16.1 Å². The van der Waals surface area contributed by atoms with Crippen molar-refractivity contribution in [2.75, 3.05) is 0 Å². The van der Waals surface area contributed by atoms with Crippen molar-refractivity contribution in [1.29, 1.82) is 0 Å². The van der Waals surface area contributed by atoms with Crippen LogP contribution in [-0.2, 0) is 22.6 Å². The molecule has 0 saturated carbocycles. The maximum Gasteiger partial charge on any atom is 0.312 e. The van der Waals surface area contributed by atoms with Crippen LogP contribution in [0, 0.1) is 13.8 Å². The topological polar surface area (TPSA) is 65.2 Å². The average molecular weight is 328 g/mol. The third kappa shape index (κ3) is 4.04. The minimum atomic E-state index is -0.333. The van der Waals surface area contributed by atoms with Crippen LogP contribution in [0.5, 0.6) is 0 Å². The Balaban J connectivity index is 1.59. The summed E-state index contributed by atoms with van der Waals surface area (Å²) in [6, 6.07) is 9.87. The lowest BCUT2D eigenvalue weighted by Crippen LogP contribution is -2.08. The molecule has 118 valence electrons. The van der Waals surface area contributed by atoms with Gasteiger partial charge in [-0.25, -0.2) is 4.98 Å². The Morgan fingerprint density at radius 1 is 1.30 bits per heavy atom. The Bertz CT molecular complexity index is 823. The molecule has 1 aromatic carbocycles. The van der Waals surface area contributed by atoms with E-state index in [0.717, 1.165) is 16.3 Å². The number of nitrogens with zero attached hydrogens (tertiary/aromatic N) is 2. The molecule has 0 bridgehead atoms. The molecule has 0 fully saturated rings. The monoisotopic (exact) mass is 328 g/mol. The predicted octanol–water partition coefficient (Wildman–Crippen LogP) is 3.70. The molecule has 0 aliphatic heterocycles. The van der Waals surface area contributed by atoms with Crippen LogP contribution in [0.4, 0.5) is 0 Å². The predicted molar refractivity (Wildman–Crippen MR) is 87.0 cm³/mol. The molecule has 0 unspecified atom stereocenters. The molecule has 0 spiro atoms. The van der Waals surface area contributed by atoms with Crippen molar-refractivity contribution in [3.8, 4) is 10.6 Å². The number of aromatic nitrogens is 2. The average Bonchev–Trinajstić information content (AvgIpc) is 3.14. The summed E-state index contributed by atoms with van der Waals surface area (Å²) >= 11 is 1.52. The molecule has 0 atom stereocenters. The van der Waals surface area contributed by atoms with Crippen molar-refractivity contribution in [2.24, 2.45) is 0 Å². The fraction of sp³-hybridized carbons (Fsp3) is 0.235. The van der Waals surface area contributed by atoms with Crippen LogP contribution in [0.2, 0.25) is 0 Å². The van der Waals surface area contributed by atoms with Gasteiger partial charge in [-0.1, -0.05) is 28.9 Å². The van der Waals surface area contributed by atoms with E-state index < -0.39 is 0 Å². The van der Waals surface area contributed by atoms with Gasteiger partial charge < -0.3 is 9.26 Å². The smallest absolute Gasteiger partial charge is 0.312 e. The number of thiazole rings is 1. The summed E-state index contributed by atoms with van der Waals surface area (Å²) in [6.45, 7) is 3.95. The molecule has 3 rings (SSSR count). The summed E-state index contributed by atoms with van der Waals surface area (Å²) in [6.07, 6.45) is 0.148. The molecular formula is C17H16N2O3S. The number of esters is 1. The van der Waals surface area contributed by atoms with Gasteiger partial charge in [0.05, 0.1) is 17.8 Å². The molecular weight excluding hydrogens is 312 g/mol. The Kier molecular flexibility index (Phi) is 4.52. The summed E-state index contributed by atoms with van der Waals surface area (Å²) in [7, 11) is 0. The Hall–Kier alpha value is -2.47. The highest BCUT2D eigenvalue weighted by Gasteiger charge is 2.11. The number of hydrogen-bond donors (Lipinski definition) is 0. The summed E-state index contributed by atoms with van der Waals surface area (Å²) in [5.74, 6) is 0.203. The molecule has 2 aromatic heterocycles. The lowest BCUT2D eigenvalue weighted by atomic mass is 10.1. The van der Waals surface area contributed by atoms with E-state index in [-0.39, 0.29) is 19.0 Å². The fourth-order valence-corrected chi connectivity index (χ4v) is 2.95. The Labute approximate surface area is 137 Å². The number of benzene rings is 1. The van der Waals surface area contributed by atoms with Crippen molar-refractivity contribution in [3.63, 3.8) is 0 Å². The highest BCUT2D eigenvalue weighted by atomic mass is 32.1. The van der Waals surface area contributed by atoms with E-state index in [4.69, 9.17) is 9.26 Å². The number of ether oxygens (including phenoxy) is 1. The van der Waals surface area contributed by atoms with E-state index in [0.29, 0.717) is 11.5 Å². The van der Waals surface area contributed by atoms with E-state index in [1.807, 2.05) is 37.4 Å². The lowest BCUT2D eigenvalue weighted by molar-refractivity contribution is -0.144. The quantitative estimate of drug-likeness (QED) is 0.668. The van der Waals surface area contributed by atoms with Crippen LogP contribution in [0.3, 0.4) is 0 Å². The van der Waals surface area contributed by atoms with Crippen LogP contribution < -0.4 is 0 Å². The first-order valence-corrected chi connectivity index (χ1v) is 8.07. The second-order valence-electron chi connectivity index (χ2n) is 5.29. The zero-order valence-electron chi connectivity index (χ0n) is 12.9. The van der Waals surface area contributed by atoms with Crippen molar-refractivity contribution >= 4 is 17.3 Å². The molecule has 0 radical (unpaired) electrons. The van der Waals surface area contributed by atoms with Crippen LogP contribution in [0.15, 0.2) is 40.2 Å². The second kappa shape index (κ2) is 6.75. The highest BCUT2D eigenvalue weighted by molar-refractivity contribution is 7.13.